The van der Waals surface area contributed by atoms with Gasteiger partial charge in [-0.1, -0.05) is 0 Å². The summed E-state index contributed by atoms with van der Waals surface area (Å²) < 4.78 is 1.23. The van der Waals surface area contributed by atoms with Gasteiger partial charge in [0, 0.05) is 25.3 Å². The van der Waals surface area contributed by atoms with Crippen LogP contribution in [0.5, 0.6) is 0 Å². The van der Waals surface area contributed by atoms with E-state index in [2.05, 4.69) is 4.90 Å². The lowest BCUT2D eigenvalue weighted by Crippen LogP contribution is -2.36. The Balaban J connectivity index is 2.16. The van der Waals surface area contributed by atoms with E-state index in [1.165, 1.54) is 4.57 Å². The molecule has 0 saturated heterocycles. The molecule has 7 heteroatoms. The van der Waals surface area contributed by atoms with Crippen molar-refractivity contribution < 1.29 is 9.90 Å². The van der Waals surface area contributed by atoms with E-state index >= 15 is 0 Å². The van der Waals surface area contributed by atoms with Gasteiger partial charge in [0.15, 0.2) is 0 Å². The Morgan fingerprint density at radius 1 is 1.56 bits per heavy atom. The van der Waals surface area contributed by atoms with E-state index < -0.39 is 22.8 Å². The fraction of sp³-hybridized carbons (Fsp3) is 0.545. The molecule has 0 unspecified atom stereocenters. The number of aromatic amines is 1. The molecule has 1 aliphatic rings. The molecule has 2 N–H and O–H groups in total. The molecule has 1 aromatic rings. The van der Waals surface area contributed by atoms with Crippen LogP contribution in [0.2, 0.25) is 0 Å². The van der Waals surface area contributed by atoms with Crippen LogP contribution in [-0.4, -0.2) is 45.2 Å². The Bertz CT molecular complexity index is 570. The van der Waals surface area contributed by atoms with E-state index in [9.17, 15) is 14.4 Å². The summed E-state index contributed by atoms with van der Waals surface area (Å²) in [5, 5.41) is 8.81. The van der Waals surface area contributed by atoms with Gasteiger partial charge in [0.1, 0.15) is 5.56 Å². The number of H-pyrrole nitrogens is 1. The second-order valence-electron chi connectivity index (χ2n) is 4.51. The third kappa shape index (κ3) is 2.67. The number of hydrogen-bond acceptors (Lipinski definition) is 4. The average Bonchev–Trinajstić information content (AvgIpc) is 3.10. The molecule has 2 rings (SSSR count). The highest BCUT2D eigenvalue weighted by Gasteiger charge is 2.25. The largest absolute Gasteiger partial charge is 0.477 e. The zero-order valence-corrected chi connectivity index (χ0v) is 10.0. The van der Waals surface area contributed by atoms with E-state index in [0.717, 1.165) is 19.0 Å². The summed E-state index contributed by atoms with van der Waals surface area (Å²) in [5.41, 5.74) is -1.85. The maximum atomic E-state index is 11.5. The van der Waals surface area contributed by atoms with E-state index in [4.69, 9.17) is 5.11 Å². The van der Waals surface area contributed by atoms with Crippen molar-refractivity contribution in [1.29, 1.82) is 0 Å². The highest BCUT2D eigenvalue weighted by molar-refractivity contribution is 5.86. The summed E-state index contributed by atoms with van der Waals surface area (Å²) in [6.45, 7) is 1.01. The van der Waals surface area contributed by atoms with Crippen LogP contribution in [0.3, 0.4) is 0 Å². The van der Waals surface area contributed by atoms with Gasteiger partial charge in [-0.2, -0.15) is 0 Å². The second-order valence-corrected chi connectivity index (χ2v) is 4.51. The SMILES string of the molecule is CN(CCn1cc(C(=O)O)c(=O)[nH]c1=O)C1CC1. The molecule has 0 aromatic carbocycles. The quantitative estimate of drug-likeness (QED) is 0.725. The fourth-order valence-electron chi connectivity index (χ4n) is 1.79. The Labute approximate surface area is 103 Å². The number of aromatic nitrogens is 2. The molecule has 7 nitrogen and oxygen atoms in total. The number of carboxylic acid groups (broad SMARTS) is 1. The lowest BCUT2D eigenvalue weighted by molar-refractivity contribution is 0.0693. The highest BCUT2D eigenvalue weighted by atomic mass is 16.4. The first kappa shape index (κ1) is 12.6. The molecule has 1 aliphatic carbocycles. The lowest BCUT2D eigenvalue weighted by atomic mass is 10.3. The zero-order chi connectivity index (χ0) is 13.3. The molecule has 1 saturated carbocycles. The minimum Gasteiger partial charge on any atom is -0.477 e. The molecule has 1 aromatic heterocycles. The van der Waals surface area contributed by atoms with Gasteiger partial charge in [-0.05, 0) is 19.9 Å². The van der Waals surface area contributed by atoms with E-state index in [0.29, 0.717) is 19.1 Å². The van der Waals surface area contributed by atoms with Crippen LogP contribution in [0.15, 0.2) is 15.8 Å². The number of carbonyl (C=O) groups is 1. The van der Waals surface area contributed by atoms with Crippen LogP contribution in [0, 0.1) is 0 Å². The number of aromatic carboxylic acids is 1. The number of nitrogens with one attached hydrogen (secondary N) is 1. The average molecular weight is 253 g/mol. The van der Waals surface area contributed by atoms with Gasteiger partial charge in [0.25, 0.3) is 5.56 Å². The first-order valence-electron chi connectivity index (χ1n) is 5.76. The van der Waals surface area contributed by atoms with Gasteiger partial charge in [-0.3, -0.25) is 14.3 Å². The molecular formula is C11H15N3O4. The maximum Gasteiger partial charge on any atom is 0.342 e. The van der Waals surface area contributed by atoms with Gasteiger partial charge in [-0.15, -0.1) is 0 Å². The van der Waals surface area contributed by atoms with Crippen molar-refractivity contribution in [3.8, 4) is 0 Å². The molecule has 0 atom stereocenters. The van der Waals surface area contributed by atoms with Crippen molar-refractivity contribution in [3.05, 3.63) is 32.6 Å². The summed E-state index contributed by atoms with van der Waals surface area (Å²) >= 11 is 0. The van der Waals surface area contributed by atoms with Crippen LogP contribution in [0.25, 0.3) is 0 Å². The van der Waals surface area contributed by atoms with Crippen molar-refractivity contribution in [2.45, 2.75) is 25.4 Å². The van der Waals surface area contributed by atoms with Gasteiger partial charge in [0.05, 0.1) is 0 Å². The predicted octanol–water partition coefficient (Wildman–Crippen LogP) is -0.671. The van der Waals surface area contributed by atoms with Crippen molar-refractivity contribution >= 4 is 5.97 Å². The summed E-state index contributed by atoms with van der Waals surface area (Å²) in [5.74, 6) is -1.33. The van der Waals surface area contributed by atoms with Crippen molar-refractivity contribution in [2.24, 2.45) is 0 Å². The molecule has 0 bridgehead atoms. The topological polar surface area (TPSA) is 95.4 Å². The minimum atomic E-state index is -1.33. The smallest absolute Gasteiger partial charge is 0.342 e. The van der Waals surface area contributed by atoms with E-state index in [-0.39, 0.29) is 0 Å². The number of carboxylic acids is 1. The van der Waals surface area contributed by atoms with Crippen molar-refractivity contribution in [3.63, 3.8) is 0 Å². The fourth-order valence-corrected chi connectivity index (χ4v) is 1.79. The molecule has 0 aliphatic heterocycles. The Morgan fingerprint density at radius 2 is 2.22 bits per heavy atom. The highest BCUT2D eigenvalue weighted by Crippen LogP contribution is 2.24. The van der Waals surface area contributed by atoms with Gasteiger partial charge in [-0.25, -0.2) is 9.59 Å². The Morgan fingerprint density at radius 3 is 2.78 bits per heavy atom. The number of nitrogens with zero attached hydrogens (tertiary/aromatic N) is 2. The summed E-state index contributed by atoms with van der Waals surface area (Å²) in [4.78, 5) is 37.7. The van der Waals surface area contributed by atoms with Crippen LogP contribution in [0.1, 0.15) is 23.2 Å². The van der Waals surface area contributed by atoms with Gasteiger partial charge < -0.3 is 10.0 Å². The van der Waals surface area contributed by atoms with Crippen LogP contribution >= 0.6 is 0 Å². The van der Waals surface area contributed by atoms with Crippen molar-refractivity contribution in [2.75, 3.05) is 13.6 Å². The first-order chi connectivity index (χ1) is 8.49. The summed E-state index contributed by atoms with van der Waals surface area (Å²) in [6, 6.07) is 0.572. The minimum absolute atomic E-state index is 0.364. The third-order valence-corrected chi connectivity index (χ3v) is 3.11. The molecule has 98 valence electrons. The van der Waals surface area contributed by atoms with Crippen LogP contribution in [0.4, 0.5) is 0 Å². The Hall–Kier alpha value is -1.89. The van der Waals surface area contributed by atoms with E-state index in [1.54, 1.807) is 0 Å². The number of hydrogen-bond donors (Lipinski definition) is 2. The second kappa shape index (κ2) is 4.77. The van der Waals surface area contributed by atoms with Crippen LogP contribution < -0.4 is 11.2 Å². The molecule has 0 spiro atoms. The van der Waals surface area contributed by atoms with Crippen LogP contribution in [-0.2, 0) is 6.54 Å². The standard InChI is InChI=1S/C11H15N3O4/c1-13(7-2-3-7)4-5-14-6-8(10(16)17)9(15)12-11(14)18/h6-7H,2-5H2,1H3,(H,16,17)(H,12,15,18). The monoisotopic (exact) mass is 253 g/mol. The summed E-state index contributed by atoms with van der Waals surface area (Å²) in [7, 11) is 1.96. The lowest BCUT2D eigenvalue weighted by Gasteiger charge is -2.16. The first-order valence-corrected chi connectivity index (χ1v) is 5.76. The molecule has 0 radical (unpaired) electrons. The number of rotatable bonds is 5. The Kier molecular flexibility index (Phi) is 3.33. The molecule has 1 fully saturated rings. The number of likely N-dealkylation sites (N-methyl/N-ethyl adjacent to an activating group) is 1. The molecular weight excluding hydrogens is 238 g/mol. The van der Waals surface area contributed by atoms with Gasteiger partial charge >= 0.3 is 11.7 Å². The summed E-state index contributed by atoms with van der Waals surface area (Å²) in [6.07, 6.45) is 3.43. The van der Waals surface area contributed by atoms with Crippen molar-refractivity contribution in [1.82, 2.24) is 14.5 Å². The van der Waals surface area contributed by atoms with Gasteiger partial charge in [0.2, 0.25) is 0 Å². The third-order valence-electron chi connectivity index (χ3n) is 3.11. The molecule has 0 amide bonds. The zero-order valence-electron chi connectivity index (χ0n) is 10.0. The van der Waals surface area contributed by atoms with E-state index in [1.807, 2.05) is 12.0 Å². The predicted molar refractivity (Wildman–Crippen MR) is 63.9 cm³/mol. The molecule has 18 heavy (non-hydrogen) atoms. The normalized spacial score (nSPS) is 15.0. The molecule has 1 heterocycles. The maximum absolute atomic E-state index is 11.5.